The molecule has 0 spiro atoms. The van der Waals surface area contributed by atoms with E-state index in [1.165, 1.54) is 0 Å². The topological polar surface area (TPSA) is 38.8 Å². The number of nitrogens with zero attached hydrogens (tertiary/aromatic N) is 1. The van der Waals surface area contributed by atoms with Crippen LogP contribution in [0.2, 0.25) is 5.02 Å². The molecule has 0 radical (unpaired) electrons. The van der Waals surface area contributed by atoms with E-state index in [1.807, 2.05) is 12.2 Å². The van der Waals surface area contributed by atoms with Gasteiger partial charge in [-0.2, -0.15) is 0 Å². The molecule has 22 heavy (non-hydrogen) atoms. The van der Waals surface area contributed by atoms with Crippen LogP contribution in [-0.2, 0) is 0 Å². The third kappa shape index (κ3) is 3.62. The number of alkyl halides is 2. The molecule has 4 nitrogen and oxygen atoms in total. The second-order valence-electron chi connectivity index (χ2n) is 5.31. The second kappa shape index (κ2) is 6.19. The van der Waals surface area contributed by atoms with Crippen molar-refractivity contribution in [2.45, 2.75) is 10.8 Å². The predicted octanol–water partition coefficient (Wildman–Crippen LogP) is 4.28. The van der Waals surface area contributed by atoms with Crippen molar-refractivity contribution < 1.29 is 14.3 Å². The summed E-state index contributed by atoms with van der Waals surface area (Å²) in [5.74, 6) is 0.923. The summed E-state index contributed by atoms with van der Waals surface area (Å²) in [6.07, 6.45) is 4.13. The van der Waals surface area contributed by atoms with Gasteiger partial charge >= 0.3 is 6.09 Å². The largest absolute Gasteiger partial charge is 0.491 e. The number of ether oxygens (including phenoxy) is 2. The monoisotopic (exact) mass is 361 g/mol. The number of hydrogen-bond donors (Lipinski definition) is 0. The summed E-state index contributed by atoms with van der Waals surface area (Å²) >= 11 is 18.0. The summed E-state index contributed by atoms with van der Waals surface area (Å²) in [5.41, 5.74) is 0. The van der Waals surface area contributed by atoms with Gasteiger partial charge in [0.05, 0.1) is 11.6 Å². The van der Waals surface area contributed by atoms with Gasteiger partial charge in [-0.15, -0.1) is 23.2 Å². The number of rotatable bonds is 4. The number of hydrogen-bond acceptors (Lipinski definition) is 3. The lowest BCUT2D eigenvalue weighted by molar-refractivity contribution is 0.164. The Morgan fingerprint density at radius 3 is 2.64 bits per heavy atom. The van der Waals surface area contributed by atoms with Crippen LogP contribution < -0.4 is 9.47 Å². The number of benzene rings is 1. The fourth-order valence-corrected chi connectivity index (χ4v) is 2.76. The van der Waals surface area contributed by atoms with Crippen LogP contribution in [0.3, 0.4) is 0 Å². The highest BCUT2D eigenvalue weighted by Gasteiger charge is 2.52. The molecular weight excluding hydrogens is 349 g/mol. The van der Waals surface area contributed by atoms with E-state index in [2.05, 4.69) is 0 Å². The minimum Gasteiger partial charge on any atom is -0.491 e. The Bertz CT molecular complexity index is 610. The molecule has 1 fully saturated rings. The van der Waals surface area contributed by atoms with Crippen LogP contribution in [0.4, 0.5) is 4.79 Å². The van der Waals surface area contributed by atoms with Crippen LogP contribution >= 0.6 is 34.8 Å². The molecule has 1 aromatic rings. The average molecular weight is 363 g/mol. The first kappa shape index (κ1) is 15.8. The zero-order valence-electron chi connectivity index (χ0n) is 11.6. The highest BCUT2D eigenvalue weighted by atomic mass is 35.5. The van der Waals surface area contributed by atoms with Gasteiger partial charge < -0.3 is 14.4 Å². The van der Waals surface area contributed by atoms with Crippen molar-refractivity contribution in [3.63, 3.8) is 0 Å². The van der Waals surface area contributed by atoms with Crippen molar-refractivity contribution >= 4 is 40.9 Å². The van der Waals surface area contributed by atoms with E-state index in [-0.39, 0.29) is 5.92 Å². The number of halogens is 3. The number of amides is 1. The maximum atomic E-state index is 11.9. The molecule has 1 atom stereocenters. The fourth-order valence-electron chi connectivity index (χ4n) is 2.09. The van der Waals surface area contributed by atoms with E-state index in [4.69, 9.17) is 44.3 Å². The number of carbonyl (C=O) groups excluding carboxylic acids is 1. The van der Waals surface area contributed by atoms with Crippen molar-refractivity contribution in [1.29, 1.82) is 0 Å². The van der Waals surface area contributed by atoms with Gasteiger partial charge in [0.25, 0.3) is 0 Å². The second-order valence-corrected chi connectivity index (χ2v) is 7.26. The Kier molecular flexibility index (Phi) is 4.44. The molecular formula is C15H14Cl3NO3. The van der Waals surface area contributed by atoms with Crippen LogP contribution in [0, 0.1) is 5.92 Å². The summed E-state index contributed by atoms with van der Waals surface area (Å²) in [7, 11) is 0. The molecule has 1 saturated carbocycles. The highest BCUT2D eigenvalue weighted by Crippen LogP contribution is 2.53. The van der Waals surface area contributed by atoms with E-state index in [0.29, 0.717) is 42.6 Å². The molecule has 1 unspecified atom stereocenters. The third-order valence-electron chi connectivity index (χ3n) is 3.58. The van der Waals surface area contributed by atoms with Crippen molar-refractivity contribution in [1.82, 2.24) is 4.90 Å². The summed E-state index contributed by atoms with van der Waals surface area (Å²) in [4.78, 5) is 13.5. The molecule has 0 bridgehead atoms. The molecule has 3 rings (SSSR count). The van der Waals surface area contributed by atoms with Gasteiger partial charge in [0.1, 0.15) is 15.8 Å². The first-order valence-corrected chi connectivity index (χ1v) is 8.01. The zero-order chi connectivity index (χ0) is 15.7. The van der Waals surface area contributed by atoms with Crippen molar-refractivity contribution in [3.8, 4) is 11.5 Å². The maximum Gasteiger partial charge on any atom is 0.415 e. The Morgan fingerprint density at radius 2 is 2.00 bits per heavy atom. The molecule has 1 aromatic carbocycles. The minimum atomic E-state index is -0.695. The van der Waals surface area contributed by atoms with Gasteiger partial charge in [-0.05, 0) is 18.6 Å². The zero-order valence-corrected chi connectivity index (χ0v) is 13.9. The SMILES string of the molecule is O=C(Oc1ccc(Cl)c(OCC2CC2(Cl)Cl)c1)N1CC=CC1. The third-order valence-corrected chi connectivity index (χ3v) is 4.82. The van der Waals surface area contributed by atoms with Crippen molar-refractivity contribution in [2.24, 2.45) is 5.92 Å². The molecule has 0 N–H and O–H groups in total. The Hall–Kier alpha value is -1.10. The quantitative estimate of drug-likeness (QED) is 0.592. The molecule has 2 aliphatic rings. The van der Waals surface area contributed by atoms with E-state index in [0.717, 1.165) is 0 Å². The van der Waals surface area contributed by atoms with Crippen LogP contribution in [-0.4, -0.2) is 35.0 Å². The van der Waals surface area contributed by atoms with Gasteiger partial charge in [0.2, 0.25) is 0 Å². The van der Waals surface area contributed by atoms with E-state index in [1.54, 1.807) is 23.1 Å². The molecule has 7 heteroatoms. The van der Waals surface area contributed by atoms with Gasteiger partial charge in [-0.3, -0.25) is 0 Å². The molecule has 118 valence electrons. The molecule has 1 amide bonds. The first-order valence-electron chi connectivity index (χ1n) is 6.87. The fraction of sp³-hybridized carbons (Fsp3) is 0.400. The molecule has 1 heterocycles. The lowest BCUT2D eigenvalue weighted by atomic mass is 10.3. The lowest BCUT2D eigenvalue weighted by Crippen LogP contribution is -2.31. The lowest BCUT2D eigenvalue weighted by Gasteiger charge is -2.15. The van der Waals surface area contributed by atoms with Crippen LogP contribution in [0.5, 0.6) is 11.5 Å². The maximum absolute atomic E-state index is 11.9. The molecule has 0 aromatic heterocycles. The average Bonchev–Trinajstić information content (AvgIpc) is 2.91. The standard InChI is InChI=1S/C15H14Cl3NO3/c16-12-4-3-11(22-14(20)19-5-1-2-6-19)7-13(12)21-9-10-8-15(10,17)18/h1-4,7,10H,5-6,8-9H2. The smallest absolute Gasteiger partial charge is 0.415 e. The molecule has 0 saturated heterocycles. The molecule has 1 aliphatic carbocycles. The van der Waals surface area contributed by atoms with E-state index >= 15 is 0 Å². The summed E-state index contributed by atoms with van der Waals surface area (Å²) in [6.45, 7) is 1.50. The summed E-state index contributed by atoms with van der Waals surface area (Å²) in [5, 5.41) is 0.443. The summed E-state index contributed by atoms with van der Waals surface area (Å²) in [6, 6.07) is 4.85. The first-order chi connectivity index (χ1) is 10.5. The predicted molar refractivity (Wildman–Crippen MR) is 86.2 cm³/mol. The van der Waals surface area contributed by atoms with Gasteiger partial charge in [-0.25, -0.2) is 4.79 Å². The van der Waals surface area contributed by atoms with Gasteiger partial charge in [0, 0.05) is 25.1 Å². The van der Waals surface area contributed by atoms with Crippen LogP contribution in [0.15, 0.2) is 30.4 Å². The Morgan fingerprint density at radius 1 is 1.32 bits per heavy atom. The summed E-state index contributed by atoms with van der Waals surface area (Å²) < 4.78 is 10.2. The van der Waals surface area contributed by atoms with Gasteiger partial charge in [-0.1, -0.05) is 23.8 Å². The van der Waals surface area contributed by atoms with Gasteiger partial charge in [0.15, 0.2) is 0 Å². The van der Waals surface area contributed by atoms with E-state index in [9.17, 15) is 4.79 Å². The Labute approximate surface area is 143 Å². The van der Waals surface area contributed by atoms with Crippen LogP contribution in [0.1, 0.15) is 6.42 Å². The van der Waals surface area contributed by atoms with Crippen molar-refractivity contribution in [3.05, 3.63) is 35.4 Å². The normalized spacial score (nSPS) is 21.8. The van der Waals surface area contributed by atoms with Crippen LogP contribution in [0.25, 0.3) is 0 Å². The van der Waals surface area contributed by atoms with E-state index < -0.39 is 10.4 Å². The highest BCUT2D eigenvalue weighted by molar-refractivity contribution is 6.50. The Balaban J connectivity index is 1.60. The van der Waals surface area contributed by atoms with Crippen molar-refractivity contribution in [2.75, 3.05) is 19.7 Å². The number of carbonyl (C=O) groups is 1. The molecule has 1 aliphatic heterocycles. The minimum absolute atomic E-state index is 0.0915.